The van der Waals surface area contributed by atoms with Crippen molar-refractivity contribution in [1.29, 1.82) is 0 Å². The highest BCUT2D eigenvalue weighted by Crippen LogP contribution is 2.31. The molecule has 1 aliphatic rings. The molecule has 2 heteroatoms. The van der Waals surface area contributed by atoms with Gasteiger partial charge < -0.3 is 0 Å². The average molecular weight is 407 g/mol. The second-order valence-corrected chi connectivity index (χ2v) is 8.47. The van der Waals surface area contributed by atoms with Gasteiger partial charge in [0.1, 0.15) is 11.6 Å². The van der Waals surface area contributed by atoms with Gasteiger partial charge in [-0.15, -0.1) is 6.58 Å². The second-order valence-electron chi connectivity index (χ2n) is 8.47. The normalized spacial score (nSPS) is 18.5. The third kappa shape index (κ3) is 6.05. The highest BCUT2D eigenvalue weighted by Gasteiger charge is 2.19. The lowest BCUT2D eigenvalue weighted by Crippen LogP contribution is -2.13. The first-order valence-corrected chi connectivity index (χ1v) is 11.3. The SMILES string of the molecule is C=CCCCc1ccc(-c2cc(F)c(C#CC3CCC(CCC)CC3)c(F)c2)cc1. The molecule has 0 radical (unpaired) electrons. The Bertz CT molecular complexity index is 867. The summed E-state index contributed by atoms with van der Waals surface area (Å²) in [5, 5.41) is 0. The molecule has 0 heterocycles. The van der Waals surface area contributed by atoms with Crippen molar-refractivity contribution in [3.8, 4) is 23.0 Å². The maximum atomic E-state index is 14.6. The lowest BCUT2D eigenvalue weighted by Gasteiger charge is -2.25. The van der Waals surface area contributed by atoms with Crippen LogP contribution < -0.4 is 0 Å². The summed E-state index contributed by atoms with van der Waals surface area (Å²) in [5.41, 5.74) is 2.48. The monoisotopic (exact) mass is 406 g/mol. The van der Waals surface area contributed by atoms with Crippen LogP contribution in [0, 0.1) is 35.3 Å². The standard InChI is InChI=1S/C28H32F2/c1-3-5-6-8-22-13-16-24(17-14-22)25-19-27(29)26(28(30)20-25)18-15-23-11-9-21(7-4-2)10-12-23/h3,13-14,16-17,19-21,23H,1,4-12H2,2H3. The van der Waals surface area contributed by atoms with E-state index in [4.69, 9.17) is 0 Å². The highest BCUT2D eigenvalue weighted by molar-refractivity contribution is 5.65. The van der Waals surface area contributed by atoms with Crippen LogP contribution >= 0.6 is 0 Å². The Hall–Kier alpha value is -2.40. The predicted octanol–water partition coefficient (Wildman–Crippen LogP) is 8.10. The molecule has 0 N–H and O–H groups in total. The number of unbranched alkanes of at least 4 members (excludes halogenated alkanes) is 1. The third-order valence-corrected chi connectivity index (χ3v) is 6.15. The van der Waals surface area contributed by atoms with Crippen molar-refractivity contribution >= 4 is 0 Å². The molecule has 0 spiro atoms. The van der Waals surface area contributed by atoms with E-state index in [0.29, 0.717) is 5.56 Å². The minimum absolute atomic E-state index is 0.101. The molecule has 2 aromatic carbocycles. The molecule has 0 amide bonds. The Kier molecular flexibility index (Phi) is 8.26. The van der Waals surface area contributed by atoms with Crippen molar-refractivity contribution in [2.45, 2.75) is 64.7 Å². The average Bonchev–Trinajstić information content (AvgIpc) is 2.75. The lowest BCUT2D eigenvalue weighted by atomic mass is 9.80. The lowest BCUT2D eigenvalue weighted by molar-refractivity contribution is 0.300. The smallest absolute Gasteiger partial charge is 0.142 e. The zero-order chi connectivity index (χ0) is 21.3. The zero-order valence-corrected chi connectivity index (χ0v) is 18.0. The fraction of sp³-hybridized carbons (Fsp3) is 0.429. The first kappa shape index (κ1) is 22.3. The maximum absolute atomic E-state index is 14.6. The summed E-state index contributed by atoms with van der Waals surface area (Å²) in [7, 11) is 0. The number of rotatable bonds is 7. The van der Waals surface area contributed by atoms with Crippen LogP contribution in [0.1, 0.15) is 69.4 Å². The van der Waals surface area contributed by atoms with Gasteiger partial charge in [0, 0.05) is 5.92 Å². The molecule has 0 aliphatic heterocycles. The van der Waals surface area contributed by atoms with Crippen molar-refractivity contribution < 1.29 is 8.78 Å². The van der Waals surface area contributed by atoms with Crippen LogP contribution in [0.4, 0.5) is 8.78 Å². The number of allylic oxidation sites excluding steroid dienone is 1. The molecule has 1 aliphatic carbocycles. The first-order chi connectivity index (χ1) is 14.6. The molecule has 0 aromatic heterocycles. The molecule has 2 aromatic rings. The predicted molar refractivity (Wildman–Crippen MR) is 122 cm³/mol. The van der Waals surface area contributed by atoms with Gasteiger partial charge in [0.2, 0.25) is 0 Å². The summed E-state index contributed by atoms with van der Waals surface area (Å²) in [6.07, 6.45) is 11.9. The summed E-state index contributed by atoms with van der Waals surface area (Å²) in [5.74, 6) is 5.84. The molecular formula is C28H32F2. The summed E-state index contributed by atoms with van der Waals surface area (Å²) in [4.78, 5) is 0. The Labute approximate surface area is 180 Å². The van der Waals surface area contributed by atoms with Gasteiger partial charge in [-0.2, -0.15) is 0 Å². The van der Waals surface area contributed by atoms with Gasteiger partial charge >= 0.3 is 0 Å². The Morgan fingerprint density at radius 1 is 1.00 bits per heavy atom. The summed E-state index contributed by atoms with van der Waals surface area (Å²) < 4.78 is 29.3. The molecule has 3 rings (SSSR count). The molecule has 0 bridgehead atoms. The van der Waals surface area contributed by atoms with Gasteiger partial charge in [-0.1, -0.05) is 61.9 Å². The minimum atomic E-state index is -0.577. The fourth-order valence-electron chi connectivity index (χ4n) is 4.35. The third-order valence-electron chi connectivity index (χ3n) is 6.15. The van der Waals surface area contributed by atoms with E-state index in [1.54, 1.807) is 0 Å². The van der Waals surface area contributed by atoms with Gasteiger partial charge in [0.25, 0.3) is 0 Å². The van der Waals surface area contributed by atoms with Crippen molar-refractivity contribution in [2.24, 2.45) is 11.8 Å². The summed E-state index contributed by atoms with van der Waals surface area (Å²) >= 11 is 0. The van der Waals surface area contributed by atoms with E-state index in [9.17, 15) is 8.78 Å². The van der Waals surface area contributed by atoms with Gasteiger partial charge in [-0.25, -0.2) is 8.78 Å². The number of benzene rings is 2. The molecule has 158 valence electrons. The number of hydrogen-bond acceptors (Lipinski definition) is 0. The van der Waals surface area contributed by atoms with Gasteiger partial charge in [0.05, 0.1) is 5.56 Å². The van der Waals surface area contributed by atoms with Crippen LogP contribution in [-0.2, 0) is 6.42 Å². The quantitative estimate of drug-likeness (QED) is 0.247. The largest absolute Gasteiger partial charge is 0.205 e. The molecule has 1 saturated carbocycles. The molecular weight excluding hydrogens is 374 g/mol. The van der Waals surface area contributed by atoms with E-state index in [0.717, 1.165) is 43.6 Å². The van der Waals surface area contributed by atoms with E-state index in [2.05, 4.69) is 25.3 Å². The van der Waals surface area contributed by atoms with Crippen LogP contribution in [0.5, 0.6) is 0 Å². The van der Waals surface area contributed by atoms with Crippen LogP contribution in [0.3, 0.4) is 0 Å². The Morgan fingerprint density at radius 2 is 1.67 bits per heavy atom. The summed E-state index contributed by atoms with van der Waals surface area (Å²) in [6.45, 7) is 5.96. The van der Waals surface area contributed by atoms with E-state index in [1.165, 1.54) is 43.4 Å². The van der Waals surface area contributed by atoms with Crippen molar-refractivity contribution in [3.05, 3.63) is 71.8 Å². The summed E-state index contributed by atoms with van der Waals surface area (Å²) in [6, 6.07) is 10.7. The highest BCUT2D eigenvalue weighted by atomic mass is 19.1. The number of aryl methyl sites for hydroxylation is 1. The number of halogens is 2. The molecule has 1 fully saturated rings. The van der Waals surface area contributed by atoms with Crippen LogP contribution in [0.25, 0.3) is 11.1 Å². The van der Waals surface area contributed by atoms with Crippen molar-refractivity contribution in [1.82, 2.24) is 0 Å². The van der Waals surface area contributed by atoms with Gasteiger partial charge in [0.15, 0.2) is 0 Å². The van der Waals surface area contributed by atoms with E-state index >= 15 is 0 Å². The molecule has 0 atom stereocenters. The van der Waals surface area contributed by atoms with Crippen molar-refractivity contribution in [3.63, 3.8) is 0 Å². The van der Waals surface area contributed by atoms with Gasteiger partial charge in [-0.3, -0.25) is 0 Å². The zero-order valence-electron chi connectivity index (χ0n) is 18.0. The second kappa shape index (κ2) is 11.1. The Balaban J connectivity index is 1.68. The van der Waals surface area contributed by atoms with Crippen molar-refractivity contribution in [2.75, 3.05) is 0 Å². The van der Waals surface area contributed by atoms with Crippen LogP contribution in [0.15, 0.2) is 49.1 Å². The number of hydrogen-bond donors (Lipinski definition) is 0. The fourth-order valence-corrected chi connectivity index (χ4v) is 4.35. The molecule has 30 heavy (non-hydrogen) atoms. The Morgan fingerprint density at radius 3 is 2.27 bits per heavy atom. The topological polar surface area (TPSA) is 0 Å². The maximum Gasteiger partial charge on any atom is 0.142 e. The van der Waals surface area contributed by atoms with E-state index in [1.807, 2.05) is 30.3 Å². The van der Waals surface area contributed by atoms with Crippen LogP contribution in [0.2, 0.25) is 0 Å². The van der Waals surface area contributed by atoms with Gasteiger partial charge in [-0.05, 0) is 79.7 Å². The van der Waals surface area contributed by atoms with E-state index < -0.39 is 11.6 Å². The molecule has 0 unspecified atom stereocenters. The first-order valence-electron chi connectivity index (χ1n) is 11.3. The molecule has 0 saturated heterocycles. The van der Waals surface area contributed by atoms with Crippen LogP contribution in [-0.4, -0.2) is 0 Å². The molecule has 0 nitrogen and oxygen atoms in total. The van der Waals surface area contributed by atoms with E-state index in [-0.39, 0.29) is 11.5 Å². The minimum Gasteiger partial charge on any atom is -0.205 e.